The molecule has 1 amide bonds. The maximum absolute atomic E-state index is 13.6. The lowest BCUT2D eigenvalue weighted by molar-refractivity contribution is -0.119. The van der Waals surface area contributed by atoms with Crippen LogP contribution in [0.5, 0.6) is 23.1 Å². The zero-order valence-corrected chi connectivity index (χ0v) is 21.7. The SMILES string of the molecule is COC(=O)c1csc(NC(=O)[C@H](Cc2ccccc2OC)n2c(O)c(-c3ccc4c(c3)OCCO4)[nH]c2=O)n1. The molecule has 4 aromatic rings. The van der Waals surface area contributed by atoms with E-state index in [1.807, 2.05) is 0 Å². The number of methoxy groups -OCH3 is 2. The minimum atomic E-state index is -1.22. The second kappa shape index (κ2) is 10.9. The number of ether oxygens (including phenoxy) is 4. The van der Waals surface area contributed by atoms with Gasteiger partial charge in [-0.15, -0.1) is 11.3 Å². The maximum Gasteiger partial charge on any atom is 0.357 e. The minimum Gasteiger partial charge on any atom is -0.496 e. The van der Waals surface area contributed by atoms with Gasteiger partial charge in [0.25, 0.3) is 0 Å². The molecule has 1 aliphatic rings. The van der Waals surface area contributed by atoms with Gasteiger partial charge in [0.2, 0.25) is 11.8 Å². The number of fused-ring (bicyclic) bond motifs is 1. The summed E-state index contributed by atoms with van der Waals surface area (Å²) < 4.78 is 22.2. The summed E-state index contributed by atoms with van der Waals surface area (Å²) in [5.41, 5.74) is 0.523. The number of aromatic hydroxyl groups is 1. The van der Waals surface area contributed by atoms with Crippen molar-refractivity contribution in [3.05, 3.63) is 69.6 Å². The van der Waals surface area contributed by atoms with Crippen LogP contribution in [0.3, 0.4) is 0 Å². The highest BCUT2D eigenvalue weighted by Gasteiger charge is 2.30. The van der Waals surface area contributed by atoms with Crippen molar-refractivity contribution in [2.75, 3.05) is 32.8 Å². The third-order valence-corrected chi connectivity index (χ3v) is 6.84. The molecule has 0 fully saturated rings. The van der Waals surface area contributed by atoms with E-state index < -0.39 is 29.5 Å². The van der Waals surface area contributed by atoms with Gasteiger partial charge in [-0.2, -0.15) is 0 Å². The van der Waals surface area contributed by atoms with Gasteiger partial charge in [0, 0.05) is 17.4 Å². The number of rotatable bonds is 8. The Balaban J connectivity index is 1.53. The molecule has 3 N–H and O–H groups in total. The van der Waals surface area contributed by atoms with Crippen LogP contribution in [0, 0.1) is 0 Å². The van der Waals surface area contributed by atoms with Crippen molar-refractivity contribution in [3.63, 3.8) is 0 Å². The number of aromatic nitrogens is 3. The van der Waals surface area contributed by atoms with Gasteiger partial charge in [0.15, 0.2) is 22.3 Å². The quantitative estimate of drug-likeness (QED) is 0.280. The highest BCUT2D eigenvalue weighted by molar-refractivity contribution is 7.14. The van der Waals surface area contributed by atoms with E-state index in [2.05, 4.69) is 20.0 Å². The van der Waals surface area contributed by atoms with E-state index in [0.717, 1.165) is 15.9 Å². The molecular formula is C26H24N4O8S. The summed E-state index contributed by atoms with van der Waals surface area (Å²) in [6.45, 7) is 0.792. The highest BCUT2D eigenvalue weighted by Crippen LogP contribution is 2.37. The Bertz CT molecular complexity index is 1590. The van der Waals surface area contributed by atoms with Crippen LogP contribution in [0.1, 0.15) is 22.1 Å². The molecular weight excluding hydrogens is 528 g/mol. The highest BCUT2D eigenvalue weighted by atomic mass is 32.1. The number of hydrogen-bond donors (Lipinski definition) is 3. The van der Waals surface area contributed by atoms with Gasteiger partial charge >= 0.3 is 11.7 Å². The Morgan fingerprint density at radius 3 is 2.72 bits per heavy atom. The molecule has 0 aliphatic carbocycles. The van der Waals surface area contributed by atoms with Gasteiger partial charge in [0.1, 0.15) is 30.7 Å². The number of esters is 1. The Hall–Kier alpha value is -4.78. The summed E-state index contributed by atoms with van der Waals surface area (Å²) in [7, 11) is 2.72. The summed E-state index contributed by atoms with van der Waals surface area (Å²) in [5.74, 6) is -0.207. The van der Waals surface area contributed by atoms with E-state index in [-0.39, 0.29) is 22.9 Å². The summed E-state index contributed by atoms with van der Waals surface area (Å²) >= 11 is 1.02. The van der Waals surface area contributed by atoms with Gasteiger partial charge in [-0.3, -0.25) is 4.79 Å². The van der Waals surface area contributed by atoms with Crippen LogP contribution in [0.25, 0.3) is 11.3 Å². The van der Waals surface area contributed by atoms with E-state index in [1.54, 1.807) is 42.5 Å². The third kappa shape index (κ3) is 5.16. The number of nitrogens with one attached hydrogen (secondary N) is 2. The molecule has 0 saturated heterocycles. The minimum absolute atomic E-state index is 0.00300. The fourth-order valence-electron chi connectivity index (χ4n) is 4.23. The standard InChI is InChI=1S/C26H24N4O8S/c1-35-18-6-4-3-5-14(18)11-17(22(31)29-25-27-16(13-39-25)24(33)36-2)30-23(32)21(28-26(30)34)15-7-8-19-20(12-15)38-10-9-37-19/h3-8,12-13,17,32H,9-11H2,1-2H3,(H,28,34)(H,27,29,31)/t17-/m0/s1. The number of aromatic amines is 1. The van der Waals surface area contributed by atoms with Crippen molar-refractivity contribution in [1.29, 1.82) is 0 Å². The number of amides is 1. The van der Waals surface area contributed by atoms with E-state index in [4.69, 9.17) is 14.2 Å². The Labute approximate surface area is 225 Å². The Kier molecular flexibility index (Phi) is 7.23. The molecule has 1 atom stereocenters. The maximum atomic E-state index is 13.6. The molecule has 5 rings (SSSR count). The van der Waals surface area contributed by atoms with Crippen molar-refractivity contribution in [2.45, 2.75) is 12.5 Å². The van der Waals surface area contributed by atoms with Crippen LogP contribution in [-0.4, -0.2) is 59.0 Å². The first-order valence-corrected chi connectivity index (χ1v) is 12.7. The fraction of sp³-hybridized carbons (Fsp3) is 0.231. The molecule has 0 bridgehead atoms. The number of carbonyl (C=O) groups excluding carboxylic acids is 2. The number of anilines is 1. The van der Waals surface area contributed by atoms with E-state index in [9.17, 15) is 19.5 Å². The lowest BCUT2D eigenvalue weighted by Crippen LogP contribution is -2.33. The van der Waals surface area contributed by atoms with Gasteiger partial charge in [-0.25, -0.2) is 19.1 Å². The zero-order chi connectivity index (χ0) is 27.5. The Morgan fingerprint density at radius 1 is 1.18 bits per heavy atom. The van der Waals surface area contributed by atoms with E-state index in [1.165, 1.54) is 19.6 Å². The average molecular weight is 553 g/mol. The molecule has 12 nitrogen and oxygen atoms in total. The zero-order valence-electron chi connectivity index (χ0n) is 20.9. The molecule has 0 saturated carbocycles. The van der Waals surface area contributed by atoms with Crippen LogP contribution in [0.15, 0.2) is 52.6 Å². The Morgan fingerprint density at radius 2 is 1.95 bits per heavy atom. The number of imidazole rings is 1. The molecule has 1 aliphatic heterocycles. The predicted octanol–water partition coefficient (Wildman–Crippen LogP) is 2.99. The lowest BCUT2D eigenvalue weighted by Gasteiger charge is -2.20. The molecule has 2 aromatic carbocycles. The van der Waals surface area contributed by atoms with Crippen molar-refractivity contribution in [2.24, 2.45) is 0 Å². The normalized spacial score (nSPS) is 13.0. The summed E-state index contributed by atoms with van der Waals surface area (Å²) in [5, 5.41) is 15.4. The smallest absolute Gasteiger partial charge is 0.357 e. The topological polar surface area (TPSA) is 154 Å². The summed E-state index contributed by atoms with van der Waals surface area (Å²) in [4.78, 5) is 45.3. The van der Waals surface area contributed by atoms with Gasteiger partial charge in [-0.05, 0) is 29.8 Å². The number of para-hydroxylation sites is 1. The largest absolute Gasteiger partial charge is 0.496 e. The number of hydrogen-bond acceptors (Lipinski definition) is 10. The second-order valence-electron chi connectivity index (χ2n) is 8.41. The molecule has 39 heavy (non-hydrogen) atoms. The molecule has 3 heterocycles. The number of thiazole rings is 1. The summed E-state index contributed by atoms with van der Waals surface area (Å²) in [6.07, 6.45) is -0.00300. The molecule has 0 unspecified atom stereocenters. The van der Waals surface area contributed by atoms with Crippen molar-refractivity contribution < 1.29 is 33.6 Å². The van der Waals surface area contributed by atoms with Crippen molar-refractivity contribution >= 4 is 28.3 Å². The van der Waals surface area contributed by atoms with Crippen molar-refractivity contribution in [1.82, 2.24) is 14.5 Å². The molecule has 0 radical (unpaired) electrons. The van der Waals surface area contributed by atoms with Crippen LogP contribution < -0.4 is 25.2 Å². The number of nitrogens with zero attached hydrogens (tertiary/aromatic N) is 2. The monoisotopic (exact) mass is 552 g/mol. The number of H-pyrrole nitrogens is 1. The first kappa shape index (κ1) is 25.9. The van der Waals surface area contributed by atoms with Gasteiger partial charge < -0.3 is 34.4 Å². The molecule has 13 heteroatoms. The van der Waals surface area contributed by atoms with Gasteiger partial charge in [0.05, 0.1) is 14.2 Å². The van der Waals surface area contributed by atoms with Crippen LogP contribution >= 0.6 is 11.3 Å². The predicted molar refractivity (Wildman–Crippen MR) is 141 cm³/mol. The fourth-order valence-corrected chi connectivity index (χ4v) is 4.91. The number of carbonyl (C=O) groups is 2. The molecule has 0 spiro atoms. The van der Waals surface area contributed by atoms with E-state index >= 15 is 0 Å². The molecule has 202 valence electrons. The lowest BCUT2D eigenvalue weighted by atomic mass is 10.0. The first-order valence-electron chi connectivity index (χ1n) is 11.8. The van der Waals surface area contributed by atoms with Crippen molar-refractivity contribution in [3.8, 4) is 34.4 Å². The number of benzene rings is 2. The first-order chi connectivity index (χ1) is 18.9. The van der Waals surface area contributed by atoms with Crippen LogP contribution in [0.2, 0.25) is 0 Å². The van der Waals surface area contributed by atoms with E-state index in [0.29, 0.717) is 41.6 Å². The average Bonchev–Trinajstić information content (AvgIpc) is 3.54. The van der Waals surface area contributed by atoms with Crippen LogP contribution in [-0.2, 0) is 16.0 Å². The molecule has 2 aromatic heterocycles. The third-order valence-electron chi connectivity index (χ3n) is 6.08. The second-order valence-corrected chi connectivity index (χ2v) is 9.27. The van der Waals surface area contributed by atoms with Crippen LogP contribution in [0.4, 0.5) is 5.13 Å². The summed E-state index contributed by atoms with van der Waals surface area (Å²) in [6, 6.07) is 10.8. The van der Waals surface area contributed by atoms with Gasteiger partial charge in [-0.1, -0.05) is 18.2 Å².